The molecule has 1 unspecified atom stereocenters. The molecule has 3 nitrogen and oxygen atoms in total. The van der Waals surface area contributed by atoms with Crippen LogP contribution < -0.4 is 0 Å². The van der Waals surface area contributed by atoms with Crippen molar-refractivity contribution in [3.63, 3.8) is 0 Å². The van der Waals surface area contributed by atoms with Crippen LogP contribution in [0, 0.1) is 5.92 Å². The van der Waals surface area contributed by atoms with E-state index >= 15 is 0 Å². The Hall–Kier alpha value is -0.570. The van der Waals surface area contributed by atoms with Gasteiger partial charge in [-0.25, -0.2) is 0 Å². The molecule has 0 radical (unpaired) electrons. The molecule has 0 saturated carbocycles. The SMILES string of the molecule is CCC(=O)N(C)C1CN2CCC1CC2. The summed E-state index contributed by atoms with van der Waals surface area (Å²) in [6, 6.07) is 0.491. The summed E-state index contributed by atoms with van der Waals surface area (Å²) >= 11 is 0. The van der Waals surface area contributed by atoms with Gasteiger partial charge in [-0.05, 0) is 31.8 Å². The molecule has 3 fully saturated rings. The molecular weight excluding hydrogens is 176 g/mol. The number of hydrogen-bond acceptors (Lipinski definition) is 2. The predicted octanol–water partition coefficient (Wildman–Crippen LogP) is 0.949. The van der Waals surface area contributed by atoms with Crippen molar-refractivity contribution in [2.24, 2.45) is 5.92 Å². The normalized spacial score (nSPS) is 35.7. The van der Waals surface area contributed by atoms with Crippen LogP contribution in [0.25, 0.3) is 0 Å². The van der Waals surface area contributed by atoms with Gasteiger partial charge in [0.15, 0.2) is 0 Å². The van der Waals surface area contributed by atoms with Crippen LogP contribution in [0.3, 0.4) is 0 Å². The van der Waals surface area contributed by atoms with Gasteiger partial charge in [-0.3, -0.25) is 4.79 Å². The fourth-order valence-corrected chi connectivity index (χ4v) is 2.81. The zero-order valence-corrected chi connectivity index (χ0v) is 9.20. The second kappa shape index (κ2) is 3.89. The Morgan fingerprint density at radius 3 is 2.50 bits per heavy atom. The standard InChI is InChI=1S/C11H20N2O/c1-3-11(14)12(2)10-8-13-6-4-9(10)5-7-13/h9-10H,3-8H2,1-2H3. The number of amides is 1. The van der Waals surface area contributed by atoms with E-state index in [2.05, 4.69) is 4.90 Å². The molecule has 3 heterocycles. The molecule has 3 aliphatic heterocycles. The number of piperidine rings is 3. The number of likely N-dealkylation sites (N-methyl/N-ethyl adjacent to an activating group) is 1. The van der Waals surface area contributed by atoms with Crippen LogP contribution in [0.15, 0.2) is 0 Å². The Morgan fingerprint density at radius 1 is 1.43 bits per heavy atom. The van der Waals surface area contributed by atoms with Gasteiger partial charge in [-0.15, -0.1) is 0 Å². The van der Waals surface area contributed by atoms with Gasteiger partial charge in [-0.1, -0.05) is 6.92 Å². The van der Waals surface area contributed by atoms with Gasteiger partial charge in [0.25, 0.3) is 0 Å². The molecule has 1 atom stereocenters. The maximum absolute atomic E-state index is 11.6. The summed E-state index contributed by atoms with van der Waals surface area (Å²) in [5.74, 6) is 1.06. The molecule has 0 aromatic heterocycles. The topological polar surface area (TPSA) is 23.6 Å². The van der Waals surface area contributed by atoms with E-state index in [1.165, 1.54) is 25.9 Å². The van der Waals surface area contributed by atoms with E-state index in [4.69, 9.17) is 0 Å². The van der Waals surface area contributed by atoms with Crippen LogP contribution in [-0.2, 0) is 4.79 Å². The van der Waals surface area contributed by atoms with Gasteiger partial charge in [0.1, 0.15) is 0 Å². The Morgan fingerprint density at radius 2 is 2.07 bits per heavy atom. The summed E-state index contributed by atoms with van der Waals surface area (Å²) in [6.45, 7) is 5.54. The van der Waals surface area contributed by atoms with Crippen LogP contribution in [0.1, 0.15) is 26.2 Å². The van der Waals surface area contributed by atoms with Crippen molar-refractivity contribution in [3.05, 3.63) is 0 Å². The molecule has 1 amide bonds. The lowest BCUT2D eigenvalue weighted by molar-refractivity contribution is -0.135. The highest BCUT2D eigenvalue weighted by Gasteiger charge is 2.37. The number of fused-ring (bicyclic) bond motifs is 3. The largest absolute Gasteiger partial charge is 0.341 e. The molecule has 0 aromatic rings. The van der Waals surface area contributed by atoms with Crippen LogP contribution in [0.2, 0.25) is 0 Å². The molecule has 0 aliphatic carbocycles. The first kappa shape index (κ1) is 9.97. The maximum atomic E-state index is 11.6. The quantitative estimate of drug-likeness (QED) is 0.656. The summed E-state index contributed by atoms with van der Waals surface area (Å²) in [5, 5.41) is 0. The van der Waals surface area contributed by atoms with E-state index in [9.17, 15) is 4.79 Å². The van der Waals surface area contributed by atoms with Crippen molar-refractivity contribution in [1.29, 1.82) is 0 Å². The summed E-state index contributed by atoms with van der Waals surface area (Å²) in [7, 11) is 1.97. The van der Waals surface area contributed by atoms with Crippen molar-refractivity contribution in [3.8, 4) is 0 Å². The first-order valence-corrected chi connectivity index (χ1v) is 5.70. The third kappa shape index (κ3) is 1.65. The first-order valence-electron chi connectivity index (χ1n) is 5.70. The van der Waals surface area contributed by atoms with Gasteiger partial charge in [0, 0.05) is 26.1 Å². The molecular formula is C11H20N2O. The molecule has 80 valence electrons. The third-order valence-corrected chi connectivity index (χ3v) is 3.81. The van der Waals surface area contributed by atoms with E-state index in [0.717, 1.165) is 12.5 Å². The Labute approximate surface area is 86.1 Å². The Kier molecular flexibility index (Phi) is 2.77. The predicted molar refractivity (Wildman–Crippen MR) is 56.0 cm³/mol. The monoisotopic (exact) mass is 196 g/mol. The van der Waals surface area contributed by atoms with Gasteiger partial charge >= 0.3 is 0 Å². The van der Waals surface area contributed by atoms with Gasteiger partial charge < -0.3 is 9.80 Å². The fraction of sp³-hybridized carbons (Fsp3) is 0.909. The third-order valence-electron chi connectivity index (χ3n) is 3.81. The number of carbonyl (C=O) groups excluding carboxylic acids is 1. The van der Waals surface area contributed by atoms with Crippen molar-refractivity contribution < 1.29 is 4.79 Å². The lowest BCUT2D eigenvalue weighted by atomic mass is 9.83. The highest BCUT2D eigenvalue weighted by molar-refractivity contribution is 5.75. The molecule has 0 aromatic carbocycles. The molecule has 3 aliphatic rings. The number of hydrogen-bond donors (Lipinski definition) is 0. The molecule has 3 saturated heterocycles. The van der Waals surface area contributed by atoms with Gasteiger partial charge in [-0.2, -0.15) is 0 Å². The zero-order chi connectivity index (χ0) is 10.1. The second-order valence-electron chi connectivity index (χ2n) is 4.56. The van der Waals surface area contributed by atoms with E-state index in [1.807, 2.05) is 18.9 Å². The van der Waals surface area contributed by atoms with Crippen LogP contribution >= 0.6 is 0 Å². The van der Waals surface area contributed by atoms with Crippen LogP contribution in [0.5, 0.6) is 0 Å². The van der Waals surface area contributed by atoms with Crippen molar-refractivity contribution in [2.75, 3.05) is 26.7 Å². The summed E-state index contributed by atoms with van der Waals surface area (Å²) in [5.41, 5.74) is 0. The van der Waals surface area contributed by atoms with Crippen LogP contribution in [-0.4, -0.2) is 48.4 Å². The van der Waals surface area contributed by atoms with Crippen molar-refractivity contribution in [1.82, 2.24) is 9.80 Å². The number of nitrogens with zero attached hydrogens (tertiary/aromatic N) is 2. The molecule has 3 rings (SSSR count). The lowest BCUT2D eigenvalue weighted by Crippen LogP contribution is -2.57. The Balaban J connectivity index is 2.01. The number of carbonyl (C=O) groups is 1. The average molecular weight is 196 g/mol. The molecule has 14 heavy (non-hydrogen) atoms. The first-order chi connectivity index (χ1) is 6.72. The summed E-state index contributed by atoms with van der Waals surface area (Å²) in [4.78, 5) is 16.1. The van der Waals surface area contributed by atoms with Crippen molar-refractivity contribution in [2.45, 2.75) is 32.2 Å². The smallest absolute Gasteiger partial charge is 0.222 e. The summed E-state index contributed by atoms with van der Waals surface area (Å²) < 4.78 is 0. The number of rotatable bonds is 2. The maximum Gasteiger partial charge on any atom is 0.222 e. The zero-order valence-electron chi connectivity index (χ0n) is 9.20. The average Bonchev–Trinajstić information content (AvgIpc) is 2.28. The molecule has 0 spiro atoms. The van der Waals surface area contributed by atoms with Gasteiger partial charge in [0.05, 0.1) is 0 Å². The fourth-order valence-electron chi connectivity index (χ4n) is 2.81. The van der Waals surface area contributed by atoms with Crippen LogP contribution in [0.4, 0.5) is 0 Å². The van der Waals surface area contributed by atoms with Crippen molar-refractivity contribution >= 4 is 5.91 Å². The minimum atomic E-state index is 0.295. The molecule has 3 heteroatoms. The van der Waals surface area contributed by atoms with Gasteiger partial charge in [0.2, 0.25) is 5.91 Å². The highest BCUT2D eigenvalue weighted by Crippen LogP contribution is 2.30. The minimum absolute atomic E-state index is 0.295. The van der Waals surface area contributed by atoms with E-state index in [0.29, 0.717) is 18.4 Å². The molecule has 2 bridgehead atoms. The summed E-state index contributed by atoms with van der Waals surface area (Å²) in [6.07, 6.45) is 3.21. The highest BCUT2D eigenvalue weighted by atomic mass is 16.2. The second-order valence-corrected chi connectivity index (χ2v) is 4.56. The van der Waals surface area contributed by atoms with E-state index < -0.39 is 0 Å². The lowest BCUT2D eigenvalue weighted by Gasteiger charge is -2.48. The van der Waals surface area contributed by atoms with E-state index in [1.54, 1.807) is 0 Å². The van der Waals surface area contributed by atoms with E-state index in [-0.39, 0.29) is 0 Å². The Bertz CT molecular complexity index is 221. The minimum Gasteiger partial charge on any atom is -0.341 e. The molecule has 0 N–H and O–H groups in total.